The third-order valence-electron chi connectivity index (χ3n) is 5.57. The van der Waals surface area contributed by atoms with Crippen LogP contribution >= 0.6 is 0 Å². The minimum atomic E-state index is -4.27. The quantitative estimate of drug-likeness (QED) is 0.247. The molecule has 3 aromatic rings. The molecular formula is C20H25N5O7S. The van der Waals surface area contributed by atoms with E-state index in [2.05, 4.69) is 15.0 Å². The highest BCUT2D eigenvalue weighted by atomic mass is 32.2. The van der Waals surface area contributed by atoms with Crippen molar-refractivity contribution in [2.75, 3.05) is 18.9 Å². The molecule has 3 heterocycles. The van der Waals surface area contributed by atoms with Gasteiger partial charge >= 0.3 is 0 Å². The smallest absolute Gasteiger partial charge is 0.271 e. The number of hydrogen-bond acceptors (Lipinski definition) is 10. The van der Waals surface area contributed by atoms with Crippen molar-refractivity contribution in [2.24, 2.45) is 0 Å². The van der Waals surface area contributed by atoms with E-state index in [1.807, 2.05) is 0 Å². The zero-order valence-corrected chi connectivity index (χ0v) is 18.3. The van der Waals surface area contributed by atoms with E-state index in [1.165, 1.54) is 17.2 Å². The maximum Gasteiger partial charge on any atom is 0.271 e. The summed E-state index contributed by atoms with van der Waals surface area (Å²) in [6, 6.07) is 8.45. The number of hydrogen-bond donors (Lipinski definition) is 4. The molecule has 5 N–H and O–H groups in total. The fourth-order valence-electron chi connectivity index (χ4n) is 3.88. The number of nitrogens with two attached hydrogens (primary N) is 1. The third kappa shape index (κ3) is 4.98. The van der Waals surface area contributed by atoms with Gasteiger partial charge in [-0.15, -0.1) is 0 Å². The molecule has 0 saturated carbocycles. The summed E-state index contributed by atoms with van der Waals surface area (Å²) in [4.78, 5) is 12.1. The lowest BCUT2D eigenvalue weighted by molar-refractivity contribution is -0.0656. The molecule has 0 radical (unpaired) electrons. The summed E-state index contributed by atoms with van der Waals surface area (Å²) in [5.74, 6) is 0.186. The predicted molar refractivity (Wildman–Crippen MR) is 116 cm³/mol. The van der Waals surface area contributed by atoms with Crippen molar-refractivity contribution in [3.8, 4) is 0 Å². The van der Waals surface area contributed by atoms with Crippen LogP contribution in [0.25, 0.3) is 11.2 Å². The highest BCUT2D eigenvalue weighted by molar-refractivity contribution is 7.86. The standard InChI is InChI=1S/C20H25N5O7S/c21-18-15-19(23-10-22-18)25(11-24-15)20-17(27)16(26)13(32-20)9-31-8-4-7-14(33(28,29)30)12-5-2-1-3-6-12/h1-3,5-6,10-11,13-14,16-17,20,26-27H,4,7-9H2,(H2,21,22,23)(H,28,29,30)/t13-,14?,16-,17-,20-/m1/s1. The van der Waals surface area contributed by atoms with E-state index in [1.54, 1.807) is 30.3 Å². The summed E-state index contributed by atoms with van der Waals surface area (Å²) < 4.78 is 45.9. The summed E-state index contributed by atoms with van der Waals surface area (Å²) in [6.45, 7) is 0.143. The molecule has 4 rings (SSSR count). The molecule has 1 fully saturated rings. The number of anilines is 1. The van der Waals surface area contributed by atoms with Crippen LogP contribution in [0.4, 0.5) is 5.82 Å². The van der Waals surface area contributed by atoms with Crippen LogP contribution in [0.15, 0.2) is 43.0 Å². The number of ether oxygens (including phenoxy) is 2. The molecule has 178 valence electrons. The van der Waals surface area contributed by atoms with Gasteiger partial charge in [0.2, 0.25) is 0 Å². The number of fused-ring (bicyclic) bond motifs is 1. The minimum absolute atomic E-state index is 0.0274. The van der Waals surface area contributed by atoms with Crippen molar-refractivity contribution in [3.05, 3.63) is 48.5 Å². The average molecular weight is 480 g/mol. The summed E-state index contributed by atoms with van der Waals surface area (Å²) in [5.41, 5.74) is 7.00. The molecule has 5 atom stereocenters. The Kier molecular flexibility index (Phi) is 6.88. The number of aliphatic hydroxyl groups excluding tert-OH is 2. The molecule has 0 bridgehead atoms. The minimum Gasteiger partial charge on any atom is -0.387 e. The number of rotatable bonds is 9. The van der Waals surface area contributed by atoms with Crippen LogP contribution in [0.1, 0.15) is 29.9 Å². The molecule has 1 aromatic carbocycles. The van der Waals surface area contributed by atoms with Crippen molar-refractivity contribution in [3.63, 3.8) is 0 Å². The summed E-state index contributed by atoms with van der Waals surface area (Å²) in [5, 5.41) is 19.8. The predicted octanol–water partition coefficient (Wildman–Crippen LogP) is 0.454. The Hall–Kier alpha value is -2.68. The highest BCUT2D eigenvalue weighted by Gasteiger charge is 2.44. The number of nitrogens with zero attached hydrogens (tertiary/aromatic N) is 4. The first-order valence-electron chi connectivity index (χ1n) is 10.3. The largest absolute Gasteiger partial charge is 0.387 e. The van der Waals surface area contributed by atoms with E-state index in [0.717, 1.165) is 0 Å². The lowest BCUT2D eigenvalue weighted by Crippen LogP contribution is -2.34. The SMILES string of the molecule is Nc1ncnc2c1ncn2[C@@H]1O[C@H](COCCCC(c2ccccc2)S(=O)(=O)O)[C@@H](O)[C@H]1O. The van der Waals surface area contributed by atoms with E-state index in [-0.39, 0.29) is 25.5 Å². The molecule has 12 nitrogen and oxygen atoms in total. The van der Waals surface area contributed by atoms with Crippen LogP contribution < -0.4 is 5.73 Å². The zero-order valence-electron chi connectivity index (χ0n) is 17.5. The Balaban J connectivity index is 1.32. The van der Waals surface area contributed by atoms with E-state index >= 15 is 0 Å². The van der Waals surface area contributed by atoms with Gasteiger partial charge in [0.25, 0.3) is 10.1 Å². The summed E-state index contributed by atoms with van der Waals surface area (Å²) in [7, 11) is -4.27. The van der Waals surface area contributed by atoms with Crippen molar-refractivity contribution in [2.45, 2.75) is 42.6 Å². The van der Waals surface area contributed by atoms with Gasteiger partial charge in [0, 0.05) is 6.61 Å². The third-order valence-corrected chi connectivity index (χ3v) is 6.79. The monoisotopic (exact) mass is 479 g/mol. The van der Waals surface area contributed by atoms with Crippen LogP contribution in [0.5, 0.6) is 0 Å². The van der Waals surface area contributed by atoms with Gasteiger partial charge in [0.1, 0.15) is 35.4 Å². The maximum atomic E-state index is 11.8. The van der Waals surface area contributed by atoms with Gasteiger partial charge in [-0.05, 0) is 18.4 Å². The Morgan fingerprint density at radius 2 is 1.91 bits per heavy atom. The second kappa shape index (κ2) is 9.67. The van der Waals surface area contributed by atoms with Crippen LogP contribution in [0, 0.1) is 0 Å². The van der Waals surface area contributed by atoms with Crippen LogP contribution in [0.2, 0.25) is 0 Å². The fraction of sp³-hybridized carbons (Fsp3) is 0.450. The number of aliphatic hydroxyl groups is 2. The first kappa shape index (κ1) is 23.5. The van der Waals surface area contributed by atoms with Crippen molar-refractivity contribution in [1.29, 1.82) is 0 Å². The van der Waals surface area contributed by atoms with Gasteiger partial charge < -0.3 is 25.4 Å². The van der Waals surface area contributed by atoms with Crippen LogP contribution in [-0.4, -0.2) is 74.2 Å². The Morgan fingerprint density at radius 1 is 1.15 bits per heavy atom. The number of imidazole rings is 1. The number of nitrogen functional groups attached to an aromatic ring is 1. The number of aromatic nitrogens is 4. The maximum absolute atomic E-state index is 11.8. The second-order valence-corrected chi connectivity index (χ2v) is 9.36. The van der Waals surface area contributed by atoms with Crippen LogP contribution in [0.3, 0.4) is 0 Å². The Bertz CT molecular complexity index is 1190. The topological polar surface area (TPSA) is 183 Å². The van der Waals surface area contributed by atoms with Crippen LogP contribution in [-0.2, 0) is 19.6 Å². The molecule has 0 spiro atoms. The molecule has 2 aromatic heterocycles. The van der Waals surface area contributed by atoms with Crippen molar-refractivity contribution in [1.82, 2.24) is 19.5 Å². The molecule has 33 heavy (non-hydrogen) atoms. The lowest BCUT2D eigenvalue weighted by Gasteiger charge is -2.17. The lowest BCUT2D eigenvalue weighted by atomic mass is 10.1. The number of benzene rings is 1. The van der Waals surface area contributed by atoms with Gasteiger partial charge in [-0.1, -0.05) is 30.3 Å². The Morgan fingerprint density at radius 3 is 2.64 bits per heavy atom. The first-order valence-corrected chi connectivity index (χ1v) is 11.8. The molecule has 1 unspecified atom stereocenters. The average Bonchev–Trinajstić information content (AvgIpc) is 3.33. The van der Waals surface area contributed by atoms with Crippen molar-refractivity contribution >= 4 is 27.1 Å². The molecule has 1 saturated heterocycles. The van der Waals surface area contributed by atoms with E-state index in [4.69, 9.17) is 15.2 Å². The second-order valence-electron chi connectivity index (χ2n) is 7.76. The molecule has 1 aliphatic rings. The highest BCUT2D eigenvalue weighted by Crippen LogP contribution is 2.32. The molecular weight excluding hydrogens is 454 g/mol. The molecule has 0 amide bonds. The molecule has 13 heteroatoms. The first-order chi connectivity index (χ1) is 15.8. The summed E-state index contributed by atoms with van der Waals surface area (Å²) >= 11 is 0. The van der Waals surface area contributed by atoms with Gasteiger partial charge in [0.15, 0.2) is 17.7 Å². The molecule has 0 aliphatic carbocycles. The van der Waals surface area contributed by atoms with E-state index in [9.17, 15) is 23.2 Å². The van der Waals surface area contributed by atoms with Gasteiger partial charge in [-0.2, -0.15) is 8.42 Å². The van der Waals surface area contributed by atoms with Crippen molar-refractivity contribution < 1.29 is 32.7 Å². The van der Waals surface area contributed by atoms with Gasteiger partial charge in [-0.3, -0.25) is 9.12 Å². The van der Waals surface area contributed by atoms with Gasteiger partial charge in [0.05, 0.1) is 12.9 Å². The zero-order chi connectivity index (χ0) is 23.6. The normalized spacial score (nSPS) is 24.3. The van der Waals surface area contributed by atoms with Gasteiger partial charge in [-0.25, -0.2) is 15.0 Å². The van der Waals surface area contributed by atoms with E-state index < -0.39 is 39.9 Å². The van der Waals surface area contributed by atoms with E-state index in [0.29, 0.717) is 23.1 Å². The summed E-state index contributed by atoms with van der Waals surface area (Å²) in [6.07, 6.45) is -1.08. The molecule has 1 aliphatic heterocycles. The fourth-order valence-corrected chi connectivity index (χ4v) is 4.84. The Labute approximate surface area is 189 Å².